The number of fused-ring (bicyclic) bond motifs is 2. The molecule has 1 N–H and O–H groups in total. The van der Waals surface area contributed by atoms with Crippen molar-refractivity contribution in [2.24, 2.45) is 0 Å². The van der Waals surface area contributed by atoms with Gasteiger partial charge < -0.3 is 4.74 Å². The lowest BCUT2D eigenvalue weighted by atomic mass is 9.86. The molecule has 0 atom stereocenters. The van der Waals surface area contributed by atoms with Gasteiger partial charge in [0.2, 0.25) is 0 Å². The summed E-state index contributed by atoms with van der Waals surface area (Å²) in [4.78, 5) is 0. The maximum Gasteiger partial charge on any atom is 0.122 e. The maximum absolute atomic E-state index is 5.95. The number of rotatable bonds is 1. The van der Waals surface area contributed by atoms with E-state index in [1.807, 2.05) is 7.05 Å². The van der Waals surface area contributed by atoms with Gasteiger partial charge >= 0.3 is 0 Å². The van der Waals surface area contributed by atoms with Crippen LogP contribution in [0.25, 0.3) is 0 Å². The summed E-state index contributed by atoms with van der Waals surface area (Å²) in [6.45, 7) is 4.82. The average Bonchev–Trinajstić information content (AvgIpc) is 2.53. The Morgan fingerprint density at radius 2 is 2.20 bits per heavy atom. The van der Waals surface area contributed by atoms with Crippen LogP contribution >= 0.6 is 0 Å². The van der Waals surface area contributed by atoms with E-state index in [4.69, 9.17) is 4.74 Å². The number of aryl methyl sites for hydroxylation is 1. The number of hydrazine groups is 1. The minimum Gasteiger partial charge on any atom is -0.363 e. The summed E-state index contributed by atoms with van der Waals surface area (Å²) < 4.78 is 5.95. The minimum atomic E-state index is -0.0218. The lowest BCUT2D eigenvalue weighted by molar-refractivity contribution is -0.156. The monoisotopic (exact) mass is 204 g/mol. The summed E-state index contributed by atoms with van der Waals surface area (Å²) in [5, 5.41) is 2.18. The van der Waals surface area contributed by atoms with E-state index in [2.05, 4.69) is 35.6 Å². The first kappa shape index (κ1) is 9.33. The first-order valence-electron chi connectivity index (χ1n) is 5.40. The molecule has 2 aliphatic heterocycles. The van der Waals surface area contributed by atoms with E-state index in [9.17, 15) is 0 Å². The molecule has 1 aromatic rings. The van der Waals surface area contributed by atoms with E-state index in [0.29, 0.717) is 0 Å². The number of ether oxygens (including phenoxy) is 1. The lowest BCUT2D eigenvalue weighted by Crippen LogP contribution is -2.63. The Morgan fingerprint density at radius 1 is 1.40 bits per heavy atom. The molecule has 0 radical (unpaired) electrons. The summed E-state index contributed by atoms with van der Waals surface area (Å²) in [5.74, 6) is 0. The molecule has 2 heterocycles. The van der Waals surface area contributed by atoms with Crippen LogP contribution in [0.2, 0.25) is 0 Å². The Kier molecular flexibility index (Phi) is 1.89. The van der Waals surface area contributed by atoms with Crippen LogP contribution < -0.4 is 5.43 Å². The molecule has 0 bridgehead atoms. The van der Waals surface area contributed by atoms with Crippen LogP contribution in [0.15, 0.2) is 18.2 Å². The molecule has 3 rings (SSSR count). The van der Waals surface area contributed by atoms with Gasteiger partial charge in [-0.15, -0.1) is 0 Å². The Bertz CT molecular complexity index is 397. The second-order valence-electron chi connectivity index (χ2n) is 4.52. The van der Waals surface area contributed by atoms with Gasteiger partial charge in [-0.25, -0.2) is 5.01 Å². The van der Waals surface area contributed by atoms with Crippen LogP contribution in [-0.2, 0) is 16.9 Å². The number of hydrogen-bond acceptors (Lipinski definition) is 3. The number of nitrogens with zero attached hydrogens (tertiary/aromatic N) is 1. The van der Waals surface area contributed by atoms with E-state index in [1.54, 1.807) is 0 Å². The third-order valence-corrected chi connectivity index (χ3v) is 3.46. The smallest absolute Gasteiger partial charge is 0.122 e. The summed E-state index contributed by atoms with van der Waals surface area (Å²) in [5.41, 5.74) is 7.20. The topological polar surface area (TPSA) is 24.5 Å². The van der Waals surface area contributed by atoms with Gasteiger partial charge in [0.25, 0.3) is 0 Å². The van der Waals surface area contributed by atoms with Gasteiger partial charge in [0, 0.05) is 13.1 Å². The fourth-order valence-corrected chi connectivity index (χ4v) is 2.57. The normalized spacial score (nSPS) is 22.8. The minimum absolute atomic E-state index is 0.0218. The van der Waals surface area contributed by atoms with Gasteiger partial charge in [0.15, 0.2) is 0 Å². The van der Waals surface area contributed by atoms with Crippen LogP contribution in [-0.4, -0.2) is 25.1 Å². The quantitative estimate of drug-likeness (QED) is 0.743. The van der Waals surface area contributed by atoms with Crippen molar-refractivity contribution < 1.29 is 4.74 Å². The maximum atomic E-state index is 5.95. The average molecular weight is 204 g/mol. The van der Waals surface area contributed by atoms with Gasteiger partial charge in [-0.05, 0) is 25.1 Å². The van der Waals surface area contributed by atoms with Gasteiger partial charge in [-0.3, -0.25) is 5.43 Å². The summed E-state index contributed by atoms with van der Waals surface area (Å²) in [6, 6.07) is 6.65. The predicted octanol–water partition coefficient (Wildman–Crippen LogP) is 1.17. The molecular weight excluding hydrogens is 188 g/mol. The van der Waals surface area contributed by atoms with Crippen LogP contribution in [0.1, 0.15) is 16.7 Å². The number of nitrogens with one attached hydrogen (secondary N) is 1. The molecule has 2 aliphatic rings. The number of hydrogen-bond donors (Lipinski definition) is 1. The van der Waals surface area contributed by atoms with Crippen molar-refractivity contribution in [2.75, 3.05) is 20.1 Å². The zero-order valence-corrected chi connectivity index (χ0v) is 9.21. The fourth-order valence-electron chi connectivity index (χ4n) is 2.57. The van der Waals surface area contributed by atoms with Crippen molar-refractivity contribution in [1.29, 1.82) is 0 Å². The van der Waals surface area contributed by atoms with Crippen molar-refractivity contribution in [3.05, 3.63) is 34.9 Å². The van der Waals surface area contributed by atoms with Crippen LogP contribution in [0, 0.1) is 6.92 Å². The highest BCUT2D eigenvalue weighted by atomic mass is 16.5. The molecule has 80 valence electrons. The third kappa shape index (κ3) is 1.24. The highest BCUT2D eigenvalue weighted by molar-refractivity contribution is 5.40. The van der Waals surface area contributed by atoms with Crippen molar-refractivity contribution >= 4 is 0 Å². The van der Waals surface area contributed by atoms with Gasteiger partial charge in [0.05, 0.1) is 6.61 Å². The van der Waals surface area contributed by atoms with Crippen LogP contribution in [0.5, 0.6) is 0 Å². The second-order valence-corrected chi connectivity index (χ2v) is 4.52. The van der Waals surface area contributed by atoms with E-state index in [-0.39, 0.29) is 5.60 Å². The molecule has 1 aromatic carbocycles. The van der Waals surface area contributed by atoms with E-state index in [1.165, 1.54) is 16.7 Å². The van der Waals surface area contributed by atoms with E-state index >= 15 is 0 Å². The van der Waals surface area contributed by atoms with E-state index in [0.717, 1.165) is 19.7 Å². The Hall–Kier alpha value is -0.900. The molecule has 0 amide bonds. The lowest BCUT2D eigenvalue weighted by Gasteiger charge is -2.46. The first-order valence-corrected chi connectivity index (χ1v) is 5.40. The van der Waals surface area contributed by atoms with Gasteiger partial charge in [-0.1, -0.05) is 23.8 Å². The summed E-state index contributed by atoms with van der Waals surface area (Å²) >= 11 is 0. The largest absolute Gasteiger partial charge is 0.363 e. The molecule has 1 saturated heterocycles. The Labute approximate surface area is 90.0 Å². The summed E-state index contributed by atoms with van der Waals surface area (Å²) in [7, 11) is 1.96. The molecule has 0 aromatic heterocycles. The Balaban J connectivity index is 1.93. The highest BCUT2D eigenvalue weighted by Gasteiger charge is 2.49. The zero-order chi connectivity index (χ0) is 10.5. The molecule has 0 unspecified atom stereocenters. The van der Waals surface area contributed by atoms with Crippen LogP contribution in [0.4, 0.5) is 0 Å². The molecule has 0 saturated carbocycles. The molecule has 3 nitrogen and oxygen atoms in total. The Morgan fingerprint density at radius 3 is 2.93 bits per heavy atom. The molecule has 0 aliphatic carbocycles. The third-order valence-electron chi connectivity index (χ3n) is 3.46. The van der Waals surface area contributed by atoms with Crippen molar-refractivity contribution in [3.63, 3.8) is 0 Å². The standard InChI is InChI=1S/C12H16N2O/c1-9-3-4-11-10(5-9)6-15-12(11)7-14(8-12)13-2/h3-5,13H,6-8H2,1-2H3. The molecule has 3 heteroatoms. The molecule has 1 spiro atoms. The van der Waals surface area contributed by atoms with E-state index < -0.39 is 0 Å². The molecule has 15 heavy (non-hydrogen) atoms. The molecule has 1 fully saturated rings. The molecular formula is C12H16N2O. The van der Waals surface area contributed by atoms with Crippen molar-refractivity contribution in [3.8, 4) is 0 Å². The fraction of sp³-hybridized carbons (Fsp3) is 0.500. The van der Waals surface area contributed by atoms with Crippen molar-refractivity contribution in [1.82, 2.24) is 10.4 Å². The summed E-state index contributed by atoms with van der Waals surface area (Å²) in [6.07, 6.45) is 0. The van der Waals surface area contributed by atoms with Crippen LogP contribution in [0.3, 0.4) is 0 Å². The number of benzene rings is 1. The van der Waals surface area contributed by atoms with Gasteiger partial charge in [0.1, 0.15) is 5.60 Å². The van der Waals surface area contributed by atoms with Gasteiger partial charge in [-0.2, -0.15) is 0 Å². The predicted molar refractivity (Wildman–Crippen MR) is 58.3 cm³/mol. The SMILES string of the molecule is CNN1CC2(C1)OCc1cc(C)ccc12. The zero-order valence-electron chi connectivity index (χ0n) is 9.21. The first-order chi connectivity index (χ1) is 7.23. The van der Waals surface area contributed by atoms with Crippen molar-refractivity contribution in [2.45, 2.75) is 19.1 Å². The second kappa shape index (κ2) is 3.04. The highest BCUT2D eigenvalue weighted by Crippen LogP contribution is 2.42.